The average molecular weight is 751 g/mol. The number of aldehydes is 2. The number of phenolic OH excluding ortho intramolecular Hbond substituents is 3. The topological polar surface area (TPSA) is 302 Å². The lowest BCUT2D eigenvalue weighted by Crippen LogP contribution is -2.65. The Balaban J connectivity index is 1.23. The lowest BCUT2D eigenvalue weighted by Gasteiger charge is -2.47. The van der Waals surface area contributed by atoms with Crippen LogP contribution in [-0.2, 0) is 33.3 Å². The summed E-state index contributed by atoms with van der Waals surface area (Å²) >= 11 is 0. The molecule has 6 rings (SSSR count). The Hall–Kier alpha value is -4.25. The van der Waals surface area contributed by atoms with Crippen molar-refractivity contribution in [1.29, 1.82) is 0 Å². The first-order valence-electron chi connectivity index (χ1n) is 16.4. The fraction of sp³-hybridized carbons (Fsp3) is 0.500. The first-order chi connectivity index (χ1) is 25.3. The first kappa shape index (κ1) is 38.5. The smallest absolute Gasteiger partial charge is 0.239 e. The molecule has 19 nitrogen and oxygen atoms in total. The number of hydrogen-bond donors (Lipinski definition) is 9. The number of carbonyl (C=O) groups is 2. The van der Waals surface area contributed by atoms with Gasteiger partial charge in [0.15, 0.2) is 24.6 Å². The summed E-state index contributed by atoms with van der Waals surface area (Å²) in [4.78, 5) is 38.8. The maximum absolute atomic E-state index is 13.8. The molecule has 1 aromatic heterocycles. The molecule has 3 aromatic rings. The third-order valence-electron chi connectivity index (χ3n) is 9.44. The quantitative estimate of drug-likeness (QED) is 0.101. The normalized spacial score (nSPS) is 36.2. The molecule has 53 heavy (non-hydrogen) atoms. The van der Waals surface area contributed by atoms with Gasteiger partial charge >= 0.3 is 0 Å². The van der Waals surface area contributed by atoms with Gasteiger partial charge in [0.05, 0.1) is 31.2 Å². The van der Waals surface area contributed by atoms with Crippen LogP contribution < -0.4 is 10.2 Å². The van der Waals surface area contributed by atoms with Crippen molar-refractivity contribution < 1.29 is 88.4 Å². The van der Waals surface area contributed by atoms with Crippen molar-refractivity contribution in [2.45, 2.75) is 80.7 Å². The zero-order chi connectivity index (χ0) is 38.3. The molecule has 0 saturated carbocycles. The van der Waals surface area contributed by atoms with Crippen molar-refractivity contribution in [3.63, 3.8) is 0 Å². The number of phenols is 3. The van der Waals surface area contributed by atoms with Crippen LogP contribution in [0.5, 0.6) is 23.0 Å². The molecule has 3 saturated heterocycles. The SMILES string of the molecule is C[C@H]1O[C@@H](O)[C@H](O)[C@@H](O)[C@@H]1O[C@@H]1O[C@@H](CO)[C@@H](O[C@H]2OC[C@@H](Oc3c(-c4ccc(O)cc4)oc4cc(O)cc(O)c4c3=O)[C@@H](C=O)[C@@H]2C=O)[C@H](O)[C@H]1O. The fourth-order valence-corrected chi connectivity index (χ4v) is 6.60. The molecule has 0 aliphatic carbocycles. The van der Waals surface area contributed by atoms with Crippen LogP contribution in [0.25, 0.3) is 22.3 Å². The van der Waals surface area contributed by atoms with Gasteiger partial charge in [0.25, 0.3) is 0 Å². The van der Waals surface area contributed by atoms with E-state index in [2.05, 4.69) is 0 Å². The predicted molar refractivity (Wildman–Crippen MR) is 172 cm³/mol. The van der Waals surface area contributed by atoms with E-state index in [1.54, 1.807) is 0 Å². The Morgan fingerprint density at radius 1 is 0.811 bits per heavy atom. The third kappa shape index (κ3) is 7.33. The standard InChI is InChI=1S/C34H38O19/c1-12-28(24(42)26(44)32(46)48-12)52-34-27(45)25(43)30(20(10-37)51-34)53-33-17(9-36)16(8-35)21(11-47-33)50-31-23(41)22-18(40)6-15(39)7-19(22)49-29(31)13-2-4-14(38)5-3-13/h2-9,12,16-17,20-21,24-28,30,32-34,37-40,42-46H,10-11H2,1H3/t12-,16+,17+,20+,21-,24-,25-,26-,27-,28-,30-,32-,33-,34+/m1/s1. The molecule has 0 amide bonds. The van der Waals surface area contributed by atoms with Gasteiger partial charge < -0.3 is 88.4 Å². The lowest BCUT2D eigenvalue weighted by molar-refractivity contribution is -0.365. The Kier molecular flexibility index (Phi) is 11.3. The van der Waals surface area contributed by atoms with E-state index in [0.717, 1.165) is 12.1 Å². The van der Waals surface area contributed by atoms with Gasteiger partial charge in [0.1, 0.15) is 89.6 Å². The number of aromatic hydroxyl groups is 3. The van der Waals surface area contributed by atoms with Crippen LogP contribution in [0.3, 0.4) is 0 Å². The minimum absolute atomic E-state index is 0.114. The molecule has 4 heterocycles. The van der Waals surface area contributed by atoms with Crippen molar-refractivity contribution in [3.05, 3.63) is 46.6 Å². The number of benzene rings is 2. The molecule has 3 aliphatic rings. The zero-order valence-corrected chi connectivity index (χ0v) is 27.7. The van der Waals surface area contributed by atoms with Crippen molar-refractivity contribution in [3.8, 4) is 34.3 Å². The number of aliphatic hydroxyl groups is 6. The van der Waals surface area contributed by atoms with Crippen LogP contribution in [0, 0.1) is 11.8 Å². The van der Waals surface area contributed by atoms with Crippen molar-refractivity contribution in [2.24, 2.45) is 11.8 Å². The van der Waals surface area contributed by atoms with Crippen LogP contribution in [0.2, 0.25) is 0 Å². The molecule has 19 heteroatoms. The van der Waals surface area contributed by atoms with E-state index >= 15 is 0 Å². The number of ether oxygens (including phenoxy) is 6. The minimum atomic E-state index is -1.91. The van der Waals surface area contributed by atoms with Crippen molar-refractivity contribution in [2.75, 3.05) is 13.2 Å². The molecule has 3 fully saturated rings. The van der Waals surface area contributed by atoms with E-state index in [-0.39, 0.29) is 28.0 Å². The third-order valence-corrected chi connectivity index (χ3v) is 9.44. The van der Waals surface area contributed by atoms with Gasteiger partial charge in [-0.05, 0) is 31.2 Å². The zero-order valence-electron chi connectivity index (χ0n) is 27.7. The van der Waals surface area contributed by atoms with E-state index < -0.39 is 122 Å². The number of carbonyl (C=O) groups excluding carboxylic acids is 2. The largest absolute Gasteiger partial charge is 0.508 e. The van der Waals surface area contributed by atoms with Gasteiger partial charge in [-0.15, -0.1) is 0 Å². The number of aliphatic hydroxyl groups excluding tert-OH is 6. The van der Waals surface area contributed by atoms with Crippen LogP contribution in [-0.4, -0.2) is 146 Å². The highest BCUT2D eigenvalue weighted by atomic mass is 16.7. The van der Waals surface area contributed by atoms with Crippen LogP contribution in [0.4, 0.5) is 0 Å². The average Bonchev–Trinajstić information content (AvgIpc) is 3.13. The second kappa shape index (κ2) is 15.6. The van der Waals surface area contributed by atoms with Crippen LogP contribution >= 0.6 is 0 Å². The molecule has 9 N–H and O–H groups in total. The molecule has 288 valence electrons. The maximum atomic E-state index is 13.8. The number of hydrogen-bond acceptors (Lipinski definition) is 19. The van der Waals surface area contributed by atoms with E-state index in [9.17, 15) is 60.3 Å². The molecule has 3 aliphatic heterocycles. The molecule has 0 unspecified atom stereocenters. The van der Waals surface area contributed by atoms with E-state index in [1.807, 2.05) is 0 Å². The number of fused-ring (bicyclic) bond motifs is 1. The van der Waals surface area contributed by atoms with E-state index in [0.29, 0.717) is 12.6 Å². The Morgan fingerprint density at radius 2 is 1.47 bits per heavy atom. The van der Waals surface area contributed by atoms with Crippen LogP contribution in [0.15, 0.2) is 45.6 Å². The van der Waals surface area contributed by atoms with Gasteiger partial charge in [-0.1, -0.05) is 0 Å². The monoisotopic (exact) mass is 750 g/mol. The number of rotatable bonds is 10. The van der Waals surface area contributed by atoms with Gasteiger partial charge in [-0.3, -0.25) is 4.79 Å². The van der Waals surface area contributed by atoms with Crippen molar-refractivity contribution in [1.82, 2.24) is 0 Å². The summed E-state index contributed by atoms with van der Waals surface area (Å²) in [6.07, 6.45) is -18.4. The fourth-order valence-electron chi connectivity index (χ4n) is 6.60. The highest BCUT2D eigenvalue weighted by Gasteiger charge is 2.52. The van der Waals surface area contributed by atoms with Gasteiger partial charge in [0, 0.05) is 17.7 Å². The summed E-state index contributed by atoms with van der Waals surface area (Å²) in [5.74, 6) is -4.75. The summed E-state index contributed by atoms with van der Waals surface area (Å²) in [5.41, 5.74) is -0.920. The molecule has 0 spiro atoms. The Labute approximate surface area is 298 Å². The summed E-state index contributed by atoms with van der Waals surface area (Å²) in [6, 6.07) is 7.36. The summed E-state index contributed by atoms with van der Waals surface area (Å²) in [7, 11) is 0. The van der Waals surface area contributed by atoms with Gasteiger partial charge in [0.2, 0.25) is 11.2 Å². The molecule has 14 atom stereocenters. The highest BCUT2D eigenvalue weighted by Crippen LogP contribution is 2.39. The second-order valence-corrected chi connectivity index (χ2v) is 12.9. The Morgan fingerprint density at radius 3 is 2.13 bits per heavy atom. The maximum Gasteiger partial charge on any atom is 0.239 e. The highest BCUT2D eigenvalue weighted by molar-refractivity contribution is 5.88. The molecular weight excluding hydrogens is 712 g/mol. The molecule has 0 bridgehead atoms. The molecular formula is C34H38O19. The lowest BCUT2D eigenvalue weighted by atomic mass is 9.86. The second-order valence-electron chi connectivity index (χ2n) is 12.9. The van der Waals surface area contributed by atoms with Crippen molar-refractivity contribution >= 4 is 23.5 Å². The summed E-state index contributed by atoms with van der Waals surface area (Å²) in [5, 5.41) is 92.2. The minimum Gasteiger partial charge on any atom is -0.508 e. The van der Waals surface area contributed by atoms with E-state index in [1.165, 1.54) is 31.2 Å². The van der Waals surface area contributed by atoms with Crippen LogP contribution in [0.1, 0.15) is 6.92 Å². The van der Waals surface area contributed by atoms with Gasteiger partial charge in [-0.25, -0.2) is 0 Å². The molecule has 2 aromatic carbocycles. The predicted octanol–water partition coefficient (Wildman–Crippen LogP) is -2.02. The van der Waals surface area contributed by atoms with E-state index in [4.69, 9.17) is 32.8 Å². The molecule has 0 radical (unpaired) electrons. The Bertz CT molecular complexity index is 1830. The van der Waals surface area contributed by atoms with Gasteiger partial charge in [-0.2, -0.15) is 0 Å². The summed E-state index contributed by atoms with van der Waals surface area (Å²) < 4.78 is 39.9. The first-order valence-corrected chi connectivity index (χ1v) is 16.4. The summed E-state index contributed by atoms with van der Waals surface area (Å²) in [6.45, 7) is 0.0549.